The first-order valence-corrected chi connectivity index (χ1v) is 12.0. The Balaban J connectivity index is 2.50. The zero-order valence-corrected chi connectivity index (χ0v) is 16.8. The van der Waals surface area contributed by atoms with E-state index in [0.29, 0.717) is 12.0 Å². The Morgan fingerprint density at radius 2 is 1.50 bits per heavy atom. The summed E-state index contributed by atoms with van der Waals surface area (Å²) in [6.45, 7) is 6.43. The summed E-state index contributed by atoms with van der Waals surface area (Å²) < 4.78 is 0. The second-order valence-corrected chi connectivity index (χ2v) is 12.2. The number of carboxylic acids is 1. The molecule has 26 heavy (non-hydrogen) atoms. The molecule has 2 unspecified atom stereocenters. The highest BCUT2D eigenvalue weighted by molar-refractivity contribution is 6.94. The molecule has 0 bridgehead atoms. The van der Waals surface area contributed by atoms with Crippen LogP contribution < -0.4 is 5.19 Å². The van der Waals surface area contributed by atoms with Crippen molar-refractivity contribution < 1.29 is 14.7 Å². The zero-order chi connectivity index (χ0) is 19.2. The lowest BCUT2D eigenvalue weighted by molar-refractivity contribution is -0.136. The Bertz CT molecular complexity index is 728. The van der Waals surface area contributed by atoms with Gasteiger partial charge in [0.2, 0.25) is 0 Å². The molecule has 2 aromatic rings. The zero-order valence-electron chi connectivity index (χ0n) is 15.8. The molecule has 1 N–H and O–H groups in total. The Morgan fingerprint density at radius 1 is 0.962 bits per heavy atom. The predicted molar refractivity (Wildman–Crippen MR) is 109 cm³/mol. The molecule has 2 aromatic carbocycles. The number of rotatable bonds is 9. The van der Waals surface area contributed by atoms with Gasteiger partial charge in [0.05, 0.1) is 8.07 Å². The number of carboxylic acid groups (broad SMARTS) is 1. The van der Waals surface area contributed by atoms with Crippen LogP contribution in [-0.2, 0) is 4.79 Å². The van der Waals surface area contributed by atoms with Crippen LogP contribution in [0.15, 0.2) is 60.7 Å². The third-order valence-corrected chi connectivity index (χ3v) is 10.1. The van der Waals surface area contributed by atoms with Crippen molar-refractivity contribution in [3.05, 3.63) is 66.2 Å². The van der Waals surface area contributed by atoms with E-state index in [0.717, 1.165) is 17.2 Å². The Hall–Kier alpha value is -2.20. The van der Waals surface area contributed by atoms with E-state index in [4.69, 9.17) is 0 Å². The van der Waals surface area contributed by atoms with Crippen molar-refractivity contribution >= 4 is 25.0 Å². The SMILES string of the molecule is CC(C)CC(C(=O)c1ccccc1)[Si](C)(CCC(=O)O)c1ccccc1. The van der Waals surface area contributed by atoms with Crippen molar-refractivity contribution in [3.8, 4) is 0 Å². The first kappa shape index (κ1) is 20.1. The number of Topliss-reactive ketones (excluding diaryl/α,β-unsaturated/α-hetero) is 1. The van der Waals surface area contributed by atoms with Gasteiger partial charge in [0, 0.05) is 17.5 Å². The number of carbonyl (C=O) groups excluding carboxylic acids is 1. The van der Waals surface area contributed by atoms with E-state index in [1.807, 2.05) is 48.5 Å². The van der Waals surface area contributed by atoms with Gasteiger partial charge in [-0.2, -0.15) is 0 Å². The molecular weight excluding hydrogens is 340 g/mol. The standard InChI is InChI=1S/C22H28O3Si/c1-17(2)16-20(22(25)18-10-6-4-7-11-18)26(3,15-14-21(23)24)19-12-8-5-9-13-19/h4-13,17,20H,14-16H2,1-3H3,(H,23,24). The van der Waals surface area contributed by atoms with Gasteiger partial charge in [0.1, 0.15) is 0 Å². The summed E-state index contributed by atoms with van der Waals surface area (Å²) in [5, 5.41) is 10.4. The maximum absolute atomic E-state index is 13.4. The lowest BCUT2D eigenvalue weighted by Gasteiger charge is -2.36. The quantitative estimate of drug-likeness (QED) is 0.513. The summed E-state index contributed by atoms with van der Waals surface area (Å²) >= 11 is 0. The molecule has 0 heterocycles. The number of carbonyl (C=O) groups is 2. The normalized spacial score (nSPS) is 14.6. The fourth-order valence-electron chi connectivity index (χ4n) is 3.64. The predicted octanol–water partition coefficient (Wildman–Crippen LogP) is 4.75. The summed E-state index contributed by atoms with van der Waals surface area (Å²) in [5.41, 5.74) is 0.592. The molecule has 138 valence electrons. The Kier molecular flexibility index (Phi) is 6.92. The van der Waals surface area contributed by atoms with Crippen LogP contribution in [0.2, 0.25) is 18.1 Å². The maximum Gasteiger partial charge on any atom is 0.303 e. The van der Waals surface area contributed by atoms with Crippen molar-refractivity contribution in [2.24, 2.45) is 5.92 Å². The molecule has 4 heteroatoms. The molecule has 0 amide bonds. The summed E-state index contributed by atoms with van der Waals surface area (Å²) in [7, 11) is -2.36. The fraction of sp³-hybridized carbons (Fsp3) is 0.364. The molecule has 0 spiro atoms. The first-order valence-electron chi connectivity index (χ1n) is 9.21. The van der Waals surface area contributed by atoms with Crippen molar-refractivity contribution in [2.75, 3.05) is 0 Å². The topological polar surface area (TPSA) is 54.4 Å². The van der Waals surface area contributed by atoms with Crippen molar-refractivity contribution in [2.45, 2.75) is 44.8 Å². The Morgan fingerprint density at radius 3 is 2.00 bits per heavy atom. The number of ketones is 1. The van der Waals surface area contributed by atoms with Crippen LogP contribution in [0.1, 0.15) is 37.0 Å². The van der Waals surface area contributed by atoms with Gasteiger partial charge < -0.3 is 5.11 Å². The van der Waals surface area contributed by atoms with Gasteiger partial charge in [0.25, 0.3) is 0 Å². The highest BCUT2D eigenvalue weighted by Gasteiger charge is 2.42. The second-order valence-electron chi connectivity index (χ2n) is 7.59. The van der Waals surface area contributed by atoms with E-state index < -0.39 is 14.0 Å². The number of hydrogen-bond donors (Lipinski definition) is 1. The lowest BCUT2D eigenvalue weighted by Crippen LogP contribution is -2.52. The summed E-state index contributed by atoms with van der Waals surface area (Å²) in [5.74, 6) is -0.272. The highest BCUT2D eigenvalue weighted by atomic mass is 28.3. The molecule has 0 aromatic heterocycles. The van der Waals surface area contributed by atoms with E-state index >= 15 is 0 Å². The summed E-state index contributed by atoms with van der Waals surface area (Å²) in [6, 6.07) is 20.1. The van der Waals surface area contributed by atoms with Crippen LogP contribution in [0.3, 0.4) is 0 Å². The number of benzene rings is 2. The average Bonchev–Trinajstić information content (AvgIpc) is 2.65. The molecule has 0 radical (unpaired) electrons. The summed E-state index contributed by atoms with van der Waals surface area (Å²) in [4.78, 5) is 24.7. The molecule has 0 fully saturated rings. The van der Waals surface area contributed by atoms with Crippen LogP contribution >= 0.6 is 0 Å². The highest BCUT2D eigenvalue weighted by Crippen LogP contribution is 2.36. The third-order valence-electron chi connectivity index (χ3n) is 5.14. The van der Waals surface area contributed by atoms with Gasteiger partial charge in [-0.05, 0) is 18.4 Å². The largest absolute Gasteiger partial charge is 0.481 e. The van der Waals surface area contributed by atoms with Gasteiger partial charge in [-0.3, -0.25) is 9.59 Å². The number of aliphatic carboxylic acids is 1. The van der Waals surface area contributed by atoms with Gasteiger partial charge in [-0.25, -0.2) is 0 Å². The van der Waals surface area contributed by atoms with Crippen LogP contribution in [0.25, 0.3) is 0 Å². The van der Waals surface area contributed by atoms with Gasteiger partial charge in [-0.15, -0.1) is 0 Å². The molecule has 2 rings (SSSR count). The fourth-order valence-corrected chi connectivity index (χ4v) is 8.10. The van der Waals surface area contributed by atoms with Gasteiger partial charge in [0.15, 0.2) is 5.78 Å². The molecule has 0 aliphatic heterocycles. The van der Waals surface area contributed by atoms with E-state index in [1.165, 1.54) is 0 Å². The van der Waals surface area contributed by atoms with Crippen LogP contribution in [0.4, 0.5) is 0 Å². The van der Waals surface area contributed by atoms with Crippen LogP contribution in [0, 0.1) is 5.92 Å². The van der Waals surface area contributed by atoms with E-state index in [2.05, 4.69) is 32.5 Å². The van der Waals surface area contributed by atoms with Crippen molar-refractivity contribution in [1.29, 1.82) is 0 Å². The monoisotopic (exact) mass is 368 g/mol. The lowest BCUT2D eigenvalue weighted by atomic mass is 10.0. The minimum atomic E-state index is -2.36. The molecule has 0 aliphatic rings. The van der Waals surface area contributed by atoms with Gasteiger partial charge in [-0.1, -0.05) is 86.2 Å². The molecule has 3 nitrogen and oxygen atoms in total. The third kappa shape index (κ3) is 4.91. The van der Waals surface area contributed by atoms with E-state index in [-0.39, 0.29) is 17.7 Å². The van der Waals surface area contributed by atoms with Crippen LogP contribution in [-0.4, -0.2) is 24.9 Å². The maximum atomic E-state index is 13.4. The molecule has 0 aliphatic carbocycles. The van der Waals surface area contributed by atoms with E-state index in [1.54, 1.807) is 0 Å². The Labute approximate surface area is 157 Å². The van der Waals surface area contributed by atoms with Crippen LogP contribution in [0.5, 0.6) is 0 Å². The average molecular weight is 369 g/mol. The minimum absolute atomic E-state index is 0.105. The van der Waals surface area contributed by atoms with E-state index in [9.17, 15) is 14.7 Å². The smallest absolute Gasteiger partial charge is 0.303 e. The molecule has 0 saturated carbocycles. The first-order chi connectivity index (χ1) is 12.3. The number of hydrogen-bond acceptors (Lipinski definition) is 2. The van der Waals surface area contributed by atoms with Gasteiger partial charge >= 0.3 is 5.97 Å². The van der Waals surface area contributed by atoms with Crippen molar-refractivity contribution in [3.63, 3.8) is 0 Å². The molecule has 0 saturated heterocycles. The summed E-state index contributed by atoms with van der Waals surface area (Å²) in [6.07, 6.45) is 0.888. The molecule has 2 atom stereocenters. The minimum Gasteiger partial charge on any atom is -0.481 e. The second kappa shape index (κ2) is 8.95. The molecular formula is C22H28O3Si. The van der Waals surface area contributed by atoms with Crippen molar-refractivity contribution in [1.82, 2.24) is 0 Å².